The van der Waals surface area contributed by atoms with Gasteiger partial charge < -0.3 is 14.6 Å². The summed E-state index contributed by atoms with van der Waals surface area (Å²) in [7, 11) is 3.52. The second-order valence-corrected chi connectivity index (χ2v) is 7.75. The molecule has 1 atom stereocenters. The fourth-order valence-corrected chi connectivity index (χ4v) is 3.91. The van der Waals surface area contributed by atoms with Gasteiger partial charge in [0, 0.05) is 42.3 Å². The zero-order valence-corrected chi connectivity index (χ0v) is 19.2. The van der Waals surface area contributed by atoms with Crippen molar-refractivity contribution in [1.82, 2.24) is 24.6 Å². The molecule has 7 nitrogen and oxygen atoms in total. The normalized spacial score (nSPS) is 12.1. The van der Waals surface area contributed by atoms with Crippen LogP contribution in [0.25, 0.3) is 11.8 Å². The van der Waals surface area contributed by atoms with Gasteiger partial charge in [0.15, 0.2) is 0 Å². The number of methoxy groups -OCH3 is 1. The first-order chi connectivity index (χ1) is 16.0. The van der Waals surface area contributed by atoms with Crippen LogP contribution >= 0.6 is 0 Å². The molecule has 7 heteroatoms. The van der Waals surface area contributed by atoms with Crippen molar-refractivity contribution in [3.8, 4) is 11.4 Å². The zero-order chi connectivity index (χ0) is 23.4. The predicted molar refractivity (Wildman–Crippen MR) is 128 cm³/mol. The van der Waals surface area contributed by atoms with Crippen molar-refractivity contribution in [2.45, 2.75) is 19.9 Å². The molecule has 1 unspecified atom stereocenters. The van der Waals surface area contributed by atoms with Crippen LogP contribution in [0.5, 0.6) is 5.75 Å². The lowest BCUT2D eigenvalue weighted by Gasteiger charge is -2.20. The number of carbonyl (C=O) groups is 1. The minimum absolute atomic E-state index is 0.236. The van der Waals surface area contributed by atoms with E-state index in [1.807, 2.05) is 97.0 Å². The Labute approximate surface area is 193 Å². The summed E-state index contributed by atoms with van der Waals surface area (Å²) in [6.45, 7) is 3.94. The summed E-state index contributed by atoms with van der Waals surface area (Å²) >= 11 is 0. The van der Waals surface area contributed by atoms with Gasteiger partial charge in [-0.15, -0.1) is 0 Å². The van der Waals surface area contributed by atoms with E-state index in [1.54, 1.807) is 13.3 Å². The summed E-state index contributed by atoms with van der Waals surface area (Å²) < 4.78 is 9.31. The Morgan fingerprint density at radius 1 is 1.09 bits per heavy atom. The first kappa shape index (κ1) is 22.1. The SMILES string of the molecule is COc1ccccc1C(NC(=O)/C=C/c1c(C)nn(-c2ccccc2)c1C)c1nccn1C. The van der Waals surface area contributed by atoms with Crippen LogP contribution < -0.4 is 10.1 Å². The zero-order valence-electron chi connectivity index (χ0n) is 19.2. The molecule has 1 amide bonds. The van der Waals surface area contributed by atoms with Crippen LogP contribution in [0, 0.1) is 13.8 Å². The van der Waals surface area contributed by atoms with Crippen LogP contribution in [-0.4, -0.2) is 32.3 Å². The number of carbonyl (C=O) groups excluding carboxylic acids is 1. The molecule has 0 aliphatic heterocycles. The number of benzene rings is 2. The minimum Gasteiger partial charge on any atom is -0.496 e. The van der Waals surface area contributed by atoms with Crippen LogP contribution in [0.2, 0.25) is 0 Å². The number of aryl methyl sites for hydroxylation is 2. The molecule has 2 heterocycles. The summed E-state index contributed by atoms with van der Waals surface area (Å²) in [5, 5.41) is 7.73. The molecule has 0 saturated heterocycles. The first-order valence-corrected chi connectivity index (χ1v) is 10.7. The van der Waals surface area contributed by atoms with Crippen LogP contribution in [-0.2, 0) is 11.8 Å². The molecule has 168 valence electrons. The first-order valence-electron chi connectivity index (χ1n) is 10.7. The van der Waals surface area contributed by atoms with Gasteiger partial charge in [-0.3, -0.25) is 4.79 Å². The van der Waals surface area contributed by atoms with Crippen LogP contribution in [0.1, 0.15) is 34.4 Å². The number of aromatic nitrogens is 4. The Bertz CT molecular complexity index is 1290. The monoisotopic (exact) mass is 441 g/mol. The van der Waals surface area contributed by atoms with Crippen molar-refractivity contribution in [3.63, 3.8) is 0 Å². The highest BCUT2D eigenvalue weighted by atomic mass is 16.5. The molecule has 2 aromatic carbocycles. The van der Waals surface area contributed by atoms with Crippen molar-refractivity contribution in [2.75, 3.05) is 7.11 Å². The molecule has 4 rings (SSSR count). The molecule has 0 radical (unpaired) electrons. The summed E-state index contributed by atoms with van der Waals surface area (Å²) in [4.78, 5) is 17.5. The second-order valence-electron chi connectivity index (χ2n) is 7.75. The van der Waals surface area contributed by atoms with Crippen LogP contribution in [0.3, 0.4) is 0 Å². The van der Waals surface area contributed by atoms with Crippen LogP contribution in [0.4, 0.5) is 0 Å². The molecule has 4 aromatic rings. The minimum atomic E-state index is -0.465. The quantitative estimate of drug-likeness (QED) is 0.437. The van der Waals surface area contributed by atoms with Crippen molar-refractivity contribution in [3.05, 3.63) is 101 Å². The molecular formula is C26H27N5O2. The highest BCUT2D eigenvalue weighted by Gasteiger charge is 2.23. The molecule has 0 bridgehead atoms. The standard InChI is InChI=1S/C26H27N5O2/c1-18-21(19(2)31(29-18)20-10-6-5-7-11-20)14-15-24(32)28-25(26-27-16-17-30(26)3)22-12-8-9-13-23(22)33-4/h5-17,25H,1-4H3,(H,28,32)/b15-14+. The lowest BCUT2D eigenvalue weighted by atomic mass is 10.0. The highest BCUT2D eigenvalue weighted by molar-refractivity contribution is 5.92. The Balaban J connectivity index is 1.61. The van der Waals surface area contributed by atoms with Gasteiger partial charge in [0.2, 0.25) is 5.91 Å². The number of nitrogens with one attached hydrogen (secondary N) is 1. The lowest BCUT2D eigenvalue weighted by molar-refractivity contribution is -0.117. The number of imidazole rings is 1. The van der Waals surface area contributed by atoms with E-state index in [4.69, 9.17) is 4.74 Å². The van der Waals surface area contributed by atoms with E-state index < -0.39 is 6.04 Å². The third-order valence-corrected chi connectivity index (χ3v) is 5.60. The van der Waals surface area contributed by atoms with Gasteiger partial charge in [-0.25, -0.2) is 9.67 Å². The average molecular weight is 442 g/mol. The number of para-hydroxylation sites is 2. The summed E-state index contributed by atoms with van der Waals surface area (Å²) in [5.74, 6) is 1.16. The van der Waals surface area contributed by atoms with Crippen molar-refractivity contribution < 1.29 is 9.53 Å². The van der Waals surface area contributed by atoms with E-state index in [-0.39, 0.29) is 5.91 Å². The maximum atomic E-state index is 13.0. The van der Waals surface area contributed by atoms with Crippen LogP contribution in [0.15, 0.2) is 73.1 Å². The Morgan fingerprint density at radius 2 is 1.82 bits per heavy atom. The smallest absolute Gasteiger partial charge is 0.244 e. The number of amides is 1. The predicted octanol–water partition coefficient (Wildman–Crippen LogP) is 4.15. The maximum Gasteiger partial charge on any atom is 0.244 e. The number of hydrogen-bond acceptors (Lipinski definition) is 4. The van der Waals surface area contributed by atoms with Crippen molar-refractivity contribution >= 4 is 12.0 Å². The Morgan fingerprint density at radius 3 is 2.52 bits per heavy atom. The lowest BCUT2D eigenvalue weighted by Crippen LogP contribution is -2.30. The molecule has 0 aliphatic rings. The molecular weight excluding hydrogens is 414 g/mol. The number of hydrogen-bond donors (Lipinski definition) is 1. The van der Waals surface area contributed by atoms with Gasteiger partial charge in [0.25, 0.3) is 0 Å². The average Bonchev–Trinajstić information content (AvgIpc) is 3.38. The summed E-state index contributed by atoms with van der Waals surface area (Å²) in [5.41, 5.74) is 4.55. The van der Waals surface area contributed by atoms with Gasteiger partial charge in [-0.1, -0.05) is 36.4 Å². The van der Waals surface area contributed by atoms with Gasteiger partial charge >= 0.3 is 0 Å². The van der Waals surface area contributed by atoms with Gasteiger partial charge in [0.1, 0.15) is 17.6 Å². The second kappa shape index (κ2) is 9.56. The Kier molecular flexibility index (Phi) is 6.40. The van der Waals surface area contributed by atoms with Crippen molar-refractivity contribution in [2.24, 2.45) is 7.05 Å². The molecule has 0 fully saturated rings. The molecule has 2 aromatic heterocycles. The van der Waals surface area contributed by atoms with Gasteiger partial charge in [-0.2, -0.15) is 5.10 Å². The number of rotatable bonds is 7. The fourth-order valence-electron chi connectivity index (χ4n) is 3.91. The highest BCUT2D eigenvalue weighted by Crippen LogP contribution is 2.29. The van der Waals surface area contributed by atoms with E-state index in [0.29, 0.717) is 11.6 Å². The van der Waals surface area contributed by atoms with E-state index in [2.05, 4.69) is 15.4 Å². The third-order valence-electron chi connectivity index (χ3n) is 5.60. The summed E-state index contributed by atoms with van der Waals surface area (Å²) in [6, 6.07) is 17.1. The van der Waals surface area contributed by atoms with E-state index in [9.17, 15) is 4.79 Å². The van der Waals surface area contributed by atoms with E-state index >= 15 is 0 Å². The molecule has 0 saturated carbocycles. The topological polar surface area (TPSA) is 74.0 Å². The molecule has 0 spiro atoms. The van der Waals surface area contributed by atoms with E-state index in [0.717, 1.165) is 28.2 Å². The summed E-state index contributed by atoms with van der Waals surface area (Å²) in [6.07, 6.45) is 6.91. The molecule has 1 N–H and O–H groups in total. The third kappa shape index (κ3) is 4.57. The van der Waals surface area contributed by atoms with Gasteiger partial charge in [-0.05, 0) is 38.1 Å². The van der Waals surface area contributed by atoms with Crippen molar-refractivity contribution in [1.29, 1.82) is 0 Å². The maximum absolute atomic E-state index is 13.0. The molecule has 33 heavy (non-hydrogen) atoms. The van der Waals surface area contributed by atoms with E-state index in [1.165, 1.54) is 6.08 Å². The Hall–Kier alpha value is -4.13. The number of ether oxygens (including phenoxy) is 1. The fraction of sp³-hybridized carbons (Fsp3) is 0.192. The number of nitrogens with zero attached hydrogens (tertiary/aromatic N) is 4. The van der Waals surface area contributed by atoms with Gasteiger partial charge in [0.05, 0.1) is 18.5 Å². The molecule has 0 aliphatic carbocycles. The largest absolute Gasteiger partial charge is 0.496 e.